The van der Waals surface area contributed by atoms with Crippen molar-refractivity contribution in [2.75, 3.05) is 7.11 Å². The highest BCUT2D eigenvalue weighted by Crippen LogP contribution is 2.25. The number of rotatable bonds is 3. The van der Waals surface area contributed by atoms with E-state index in [0.717, 1.165) is 22.1 Å². The fourth-order valence-electron chi connectivity index (χ4n) is 1.77. The van der Waals surface area contributed by atoms with Gasteiger partial charge in [0.25, 0.3) is 0 Å². The Kier molecular flexibility index (Phi) is 3.17. The molecule has 0 saturated heterocycles. The molecule has 0 N–H and O–H groups in total. The molecule has 4 heteroatoms. The van der Waals surface area contributed by atoms with Gasteiger partial charge in [-0.15, -0.1) is 0 Å². The number of fused-ring (bicyclic) bond motifs is 1. The van der Waals surface area contributed by atoms with Crippen molar-refractivity contribution in [3.05, 3.63) is 52.4 Å². The zero-order valence-corrected chi connectivity index (χ0v) is 9.79. The summed E-state index contributed by atoms with van der Waals surface area (Å²) in [5.41, 5.74) is 9.44. The summed E-state index contributed by atoms with van der Waals surface area (Å²) < 4.78 is 5.17. The smallest absolute Gasteiger partial charge is 0.119 e. The molecular formula is C13H13N3O. The van der Waals surface area contributed by atoms with Gasteiger partial charge >= 0.3 is 0 Å². The van der Waals surface area contributed by atoms with Gasteiger partial charge in [0, 0.05) is 4.91 Å². The molecule has 0 aromatic heterocycles. The van der Waals surface area contributed by atoms with Crippen LogP contribution in [0.3, 0.4) is 0 Å². The Bertz CT molecular complexity index is 588. The fraction of sp³-hybridized carbons (Fsp3) is 0.231. The summed E-state index contributed by atoms with van der Waals surface area (Å²) in [6, 6.07) is 11.8. The second-order valence-electron chi connectivity index (χ2n) is 3.85. The maximum atomic E-state index is 8.42. The SMILES string of the molecule is COc1ccc2cc([C@@H](C)N=[N+]=[N-])ccc2c1. The minimum atomic E-state index is -0.147. The van der Waals surface area contributed by atoms with Crippen molar-refractivity contribution >= 4 is 10.8 Å². The summed E-state index contributed by atoms with van der Waals surface area (Å²) in [6.45, 7) is 1.88. The molecule has 0 aliphatic heterocycles. The average Bonchev–Trinajstić information content (AvgIpc) is 2.37. The first-order valence-electron chi connectivity index (χ1n) is 5.36. The van der Waals surface area contributed by atoms with E-state index in [1.165, 1.54) is 0 Å². The lowest BCUT2D eigenvalue weighted by molar-refractivity contribution is 0.415. The predicted octanol–water partition coefficient (Wildman–Crippen LogP) is 4.22. The highest BCUT2D eigenvalue weighted by Gasteiger charge is 2.04. The molecule has 4 nitrogen and oxygen atoms in total. The summed E-state index contributed by atoms with van der Waals surface area (Å²) in [5, 5.41) is 5.92. The molecule has 0 amide bonds. The fourth-order valence-corrected chi connectivity index (χ4v) is 1.77. The van der Waals surface area contributed by atoms with Gasteiger partial charge in [-0.05, 0) is 34.0 Å². The summed E-state index contributed by atoms with van der Waals surface area (Å²) in [5.74, 6) is 0.841. The van der Waals surface area contributed by atoms with Gasteiger partial charge in [-0.3, -0.25) is 0 Å². The van der Waals surface area contributed by atoms with E-state index in [0.29, 0.717) is 0 Å². The number of hydrogen-bond donors (Lipinski definition) is 0. The highest BCUT2D eigenvalue weighted by molar-refractivity contribution is 5.84. The van der Waals surface area contributed by atoms with Gasteiger partial charge < -0.3 is 4.74 Å². The van der Waals surface area contributed by atoms with Crippen LogP contribution in [0.1, 0.15) is 18.5 Å². The molecule has 86 valence electrons. The highest BCUT2D eigenvalue weighted by atomic mass is 16.5. The number of methoxy groups -OCH3 is 1. The number of benzene rings is 2. The van der Waals surface area contributed by atoms with E-state index in [-0.39, 0.29) is 6.04 Å². The van der Waals surface area contributed by atoms with Crippen molar-refractivity contribution in [2.45, 2.75) is 13.0 Å². The van der Waals surface area contributed by atoms with Crippen molar-refractivity contribution in [1.29, 1.82) is 0 Å². The Morgan fingerprint density at radius 1 is 1.18 bits per heavy atom. The molecule has 2 rings (SSSR count). The van der Waals surface area contributed by atoms with E-state index >= 15 is 0 Å². The molecular weight excluding hydrogens is 214 g/mol. The number of nitrogens with zero attached hydrogens (tertiary/aromatic N) is 3. The number of ether oxygens (including phenoxy) is 1. The molecule has 0 heterocycles. The lowest BCUT2D eigenvalue weighted by atomic mass is 10.0. The van der Waals surface area contributed by atoms with Crippen LogP contribution in [0, 0.1) is 0 Å². The van der Waals surface area contributed by atoms with Crippen LogP contribution in [0.5, 0.6) is 5.75 Å². The van der Waals surface area contributed by atoms with E-state index in [9.17, 15) is 0 Å². The second kappa shape index (κ2) is 4.76. The van der Waals surface area contributed by atoms with Crippen molar-refractivity contribution < 1.29 is 4.74 Å². The standard InChI is InChI=1S/C13H13N3O/c1-9(15-16-14)10-3-4-12-8-13(17-2)6-5-11(12)7-10/h3-9H,1-2H3/t9-/m1/s1. The first-order valence-corrected chi connectivity index (χ1v) is 5.36. The zero-order valence-electron chi connectivity index (χ0n) is 9.79. The Hall–Kier alpha value is -2.19. The van der Waals surface area contributed by atoms with Crippen LogP contribution in [0.15, 0.2) is 41.5 Å². The van der Waals surface area contributed by atoms with Gasteiger partial charge in [-0.25, -0.2) is 0 Å². The van der Waals surface area contributed by atoms with Crippen molar-refractivity contribution in [3.8, 4) is 5.75 Å². The van der Waals surface area contributed by atoms with Crippen LogP contribution in [0.4, 0.5) is 0 Å². The Balaban J connectivity index is 2.48. The van der Waals surface area contributed by atoms with Gasteiger partial charge in [-0.2, -0.15) is 0 Å². The summed E-state index contributed by atoms with van der Waals surface area (Å²) in [4.78, 5) is 2.82. The zero-order chi connectivity index (χ0) is 12.3. The first-order chi connectivity index (χ1) is 8.24. The molecule has 0 saturated carbocycles. The molecule has 0 aliphatic rings. The van der Waals surface area contributed by atoms with E-state index in [4.69, 9.17) is 10.3 Å². The van der Waals surface area contributed by atoms with Crippen LogP contribution in [0.25, 0.3) is 21.2 Å². The molecule has 0 spiro atoms. The third kappa shape index (κ3) is 2.32. The molecule has 2 aromatic rings. The molecule has 2 aromatic carbocycles. The number of azide groups is 1. The Morgan fingerprint density at radius 2 is 1.88 bits per heavy atom. The van der Waals surface area contributed by atoms with Crippen LogP contribution < -0.4 is 4.74 Å². The molecule has 1 atom stereocenters. The summed E-state index contributed by atoms with van der Waals surface area (Å²) >= 11 is 0. The maximum absolute atomic E-state index is 8.42. The van der Waals surface area contributed by atoms with Crippen LogP contribution in [-0.2, 0) is 0 Å². The van der Waals surface area contributed by atoms with Crippen molar-refractivity contribution in [1.82, 2.24) is 0 Å². The average molecular weight is 227 g/mol. The predicted molar refractivity (Wildman–Crippen MR) is 68.1 cm³/mol. The lowest BCUT2D eigenvalue weighted by Crippen LogP contribution is -1.88. The summed E-state index contributed by atoms with van der Waals surface area (Å²) in [6.07, 6.45) is 0. The van der Waals surface area contributed by atoms with E-state index < -0.39 is 0 Å². The molecule has 0 bridgehead atoms. The lowest BCUT2D eigenvalue weighted by Gasteiger charge is -2.07. The monoisotopic (exact) mass is 227 g/mol. The van der Waals surface area contributed by atoms with E-state index in [1.54, 1.807) is 7.11 Å². The first kappa shape index (κ1) is 11.3. The molecule has 17 heavy (non-hydrogen) atoms. The van der Waals surface area contributed by atoms with E-state index in [2.05, 4.69) is 10.0 Å². The van der Waals surface area contributed by atoms with Crippen LogP contribution in [0.2, 0.25) is 0 Å². The topological polar surface area (TPSA) is 58.0 Å². The van der Waals surface area contributed by atoms with Gasteiger partial charge in [0.2, 0.25) is 0 Å². The molecule has 0 fully saturated rings. The van der Waals surface area contributed by atoms with Crippen LogP contribution >= 0.6 is 0 Å². The van der Waals surface area contributed by atoms with Crippen molar-refractivity contribution in [3.63, 3.8) is 0 Å². The maximum Gasteiger partial charge on any atom is 0.119 e. The van der Waals surface area contributed by atoms with Gasteiger partial charge in [0.05, 0.1) is 13.2 Å². The van der Waals surface area contributed by atoms with Gasteiger partial charge in [0.1, 0.15) is 5.75 Å². The third-order valence-electron chi connectivity index (χ3n) is 2.78. The van der Waals surface area contributed by atoms with Gasteiger partial charge in [0.15, 0.2) is 0 Å². The Labute approximate surface area is 99.5 Å². The normalized spacial score (nSPS) is 11.9. The third-order valence-corrected chi connectivity index (χ3v) is 2.78. The minimum Gasteiger partial charge on any atom is -0.497 e. The van der Waals surface area contributed by atoms with E-state index in [1.807, 2.05) is 43.3 Å². The van der Waals surface area contributed by atoms with Gasteiger partial charge in [-0.1, -0.05) is 36.3 Å². The molecule has 0 radical (unpaired) electrons. The summed E-state index contributed by atoms with van der Waals surface area (Å²) in [7, 11) is 1.65. The largest absolute Gasteiger partial charge is 0.497 e. The minimum absolute atomic E-state index is 0.147. The van der Waals surface area contributed by atoms with Crippen LogP contribution in [-0.4, -0.2) is 7.11 Å². The Morgan fingerprint density at radius 3 is 2.59 bits per heavy atom. The quantitative estimate of drug-likeness (QED) is 0.440. The second-order valence-corrected chi connectivity index (χ2v) is 3.85. The molecule has 0 unspecified atom stereocenters. The molecule has 0 aliphatic carbocycles. The number of hydrogen-bond acceptors (Lipinski definition) is 2. The van der Waals surface area contributed by atoms with Crippen molar-refractivity contribution in [2.24, 2.45) is 5.11 Å².